The molecular weight excluding hydrogens is 220 g/mol. The summed E-state index contributed by atoms with van der Waals surface area (Å²) in [4.78, 5) is 0. The first-order valence-corrected chi connectivity index (χ1v) is 6.92. The Bertz CT molecular complexity index is 425. The number of rotatable bonds is 3. The summed E-state index contributed by atoms with van der Waals surface area (Å²) in [5, 5.41) is 12.8. The molecule has 1 unspecified atom stereocenters. The van der Waals surface area contributed by atoms with E-state index in [4.69, 9.17) is 0 Å². The predicted octanol–water partition coefficient (Wildman–Crippen LogP) is 4.13. The largest absolute Gasteiger partial charge is 0.369 e. The standard InChI is InChI=1S/C16H22N2/c1-12-7-9-14(10-8-12)16(11-17)18-15-6-4-3-5-13(15)2/h3-6,12,14,16,18H,7-10H2,1-2H3. The fourth-order valence-electron chi connectivity index (χ4n) is 2.78. The average molecular weight is 242 g/mol. The Labute approximate surface area is 110 Å². The number of aryl methyl sites for hydroxylation is 1. The van der Waals surface area contributed by atoms with Gasteiger partial charge in [-0.05, 0) is 43.2 Å². The number of para-hydroxylation sites is 1. The van der Waals surface area contributed by atoms with Gasteiger partial charge in [-0.2, -0.15) is 5.26 Å². The van der Waals surface area contributed by atoms with E-state index in [9.17, 15) is 5.26 Å². The van der Waals surface area contributed by atoms with Crippen LogP contribution in [0.5, 0.6) is 0 Å². The van der Waals surface area contributed by atoms with Crippen LogP contribution in [-0.4, -0.2) is 6.04 Å². The minimum atomic E-state index is -0.0430. The molecule has 0 heterocycles. The Kier molecular flexibility index (Phi) is 4.25. The average Bonchev–Trinajstić information content (AvgIpc) is 2.39. The third-order valence-electron chi connectivity index (χ3n) is 4.13. The highest BCUT2D eigenvalue weighted by Crippen LogP contribution is 2.31. The molecule has 0 aromatic heterocycles. The molecule has 1 aromatic carbocycles. The zero-order valence-corrected chi connectivity index (χ0v) is 11.3. The molecule has 1 N–H and O–H groups in total. The van der Waals surface area contributed by atoms with Crippen molar-refractivity contribution in [1.29, 1.82) is 5.26 Å². The zero-order valence-electron chi connectivity index (χ0n) is 11.3. The van der Waals surface area contributed by atoms with E-state index in [1.54, 1.807) is 0 Å². The summed E-state index contributed by atoms with van der Waals surface area (Å²) in [6.07, 6.45) is 4.88. The van der Waals surface area contributed by atoms with E-state index in [2.05, 4.69) is 37.4 Å². The molecule has 18 heavy (non-hydrogen) atoms. The van der Waals surface area contributed by atoms with E-state index >= 15 is 0 Å². The topological polar surface area (TPSA) is 35.8 Å². The highest BCUT2D eigenvalue weighted by atomic mass is 14.9. The fourth-order valence-corrected chi connectivity index (χ4v) is 2.78. The van der Waals surface area contributed by atoms with Crippen LogP contribution in [0.2, 0.25) is 0 Å². The van der Waals surface area contributed by atoms with Gasteiger partial charge in [0.1, 0.15) is 6.04 Å². The van der Waals surface area contributed by atoms with Crippen molar-refractivity contribution in [2.75, 3.05) is 5.32 Å². The van der Waals surface area contributed by atoms with Crippen molar-refractivity contribution < 1.29 is 0 Å². The van der Waals surface area contributed by atoms with Crippen LogP contribution < -0.4 is 5.32 Å². The second kappa shape index (κ2) is 5.91. The number of nitrogens with one attached hydrogen (secondary N) is 1. The molecule has 0 amide bonds. The summed E-state index contributed by atoms with van der Waals surface area (Å²) < 4.78 is 0. The molecule has 0 spiro atoms. The Morgan fingerprint density at radius 1 is 1.22 bits per heavy atom. The highest BCUT2D eigenvalue weighted by Gasteiger charge is 2.26. The van der Waals surface area contributed by atoms with Crippen LogP contribution in [0.1, 0.15) is 38.2 Å². The summed E-state index contributed by atoms with van der Waals surface area (Å²) in [5.41, 5.74) is 2.31. The van der Waals surface area contributed by atoms with E-state index in [1.165, 1.54) is 31.2 Å². The molecule has 2 heteroatoms. The van der Waals surface area contributed by atoms with Gasteiger partial charge in [0.25, 0.3) is 0 Å². The zero-order chi connectivity index (χ0) is 13.0. The lowest BCUT2D eigenvalue weighted by atomic mass is 9.79. The van der Waals surface area contributed by atoms with Crippen LogP contribution in [0.4, 0.5) is 5.69 Å². The lowest BCUT2D eigenvalue weighted by Gasteiger charge is -2.30. The minimum absolute atomic E-state index is 0.0430. The van der Waals surface area contributed by atoms with Crippen LogP contribution in [-0.2, 0) is 0 Å². The molecule has 0 radical (unpaired) electrons. The van der Waals surface area contributed by atoms with Gasteiger partial charge in [-0.15, -0.1) is 0 Å². The molecule has 1 saturated carbocycles. The molecule has 1 aliphatic carbocycles. The lowest BCUT2D eigenvalue weighted by molar-refractivity contribution is 0.282. The minimum Gasteiger partial charge on any atom is -0.369 e. The van der Waals surface area contributed by atoms with Crippen molar-refractivity contribution in [2.45, 2.75) is 45.6 Å². The van der Waals surface area contributed by atoms with Crippen LogP contribution in [0.25, 0.3) is 0 Å². The number of hydrogen-bond donors (Lipinski definition) is 1. The SMILES string of the molecule is Cc1ccccc1NC(C#N)C1CCC(C)CC1. The van der Waals surface area contributed by atoms with E-state index in [1.807, 2.05) is 12.1 Å². The lowest BCUT2D eigenvalue weighted by Crippen LogP contribution is -2.30. The van der Waals surface area contributed by atoms with Gasteiger partial charge in [0.05, 0.1) is 6.07 Å². The summed E-state index contributed by atoms with van der Waals surface area (Å²) in [7, 11) is 0. The Morgan fingerprint density at radius 3 is 2.50 bits per heavy atom. The van der Waals surface area contributed by atoms with Crippen molar-refractivity contribution in [3.05, 3.63) is 29.8 Å². The monoisotopic (exact) mass is 242 g/mol. The van der Waals surface area contributed by atoms with E-state index in [-0.39, 0.29) is 6.04 Å². The molecule has 2 nitrogen and oxygen atoms in total. The van der Waals surface area contributed by atoms with E-state index in [0.717, 1.165) is 11.6 Å². The van der Waals surface area contributed by atoms with Crippen LogP contribution in [0, 0.1) is 30.1 Å². The van der Waals surface area contributed by atoms with Crippen molar-refractivity contribution in [3.8, 4) is 6.07 Å². The summed E-state index contributed by atoms with van der Waals surface area (Å²) >= 11 is 0. The van der Waals surface area contributed by atoms with Crippen LogP contribution in [0.3, 0.4) is 0 Å². The molecular formula is C16H22N2. The highest BCUT2D eigenvalue weighted by molar-refractivity contribution is 5.52. The molecule has 1 atom stereocenters. The van der Waals surface area contributed by atoms with Gasteiger partial charge >= 0.3 is 0 Å². The van der Waals surface area contributed by atoms with Gasteiger partial charge < -0.3 is 5.32 Å². The maximum atomic E-state index is 9.38. The van der Waals surface area contributed by atoms with Gasteiger partial charge in [0.15, 0.2) is 0 Å². The third kappa shape index (κ3) is 3.04. The molecule has 0 saturated heterocycles. The molecule has 96 valence electrons. The number of nitrogens with zero attached hydrogens (tertiary/aromatic N) is 1. The van der Waals surface area contributed by atoms with Gasteiger partial charge in [-0.1, -0.05) is 38.0 Å². The molecule has 0 aliphatic heterocycles. The number of hydrogen-bond acceptors (Lipinski definition) is 2. The third-order valence-corrected chi connectivity index (χ3v) is 4.13. The van der Waals surface area contributed by atoms with Gasteiger partial charge in [0, 0.05) is 5.69 Å². The second-order valence-corrected chi connectivity index (χ2v) is 5.59. The van der Waals surface area contributed by atoms with Gasteiger partial charge in [-0.25, -0.2) is 0 Å². The normalized spacial score (nSPS) is 25.2. The van der Waals surface area contributed by atoms with Crippen LogP contribution in [0.15, 0.2) is 24.3 Å². The first-order chi connectivity index (χ1) is 8.70. The summed E-state index contributed by atoms with van der Waals surface area (Å²) in [6.45, 7) is 4.39. The number of anilines is 1. The second-order valence-electron chi connectivity index (χ2n) is 5.59. The number of benzene rings is 1. The Hall–Kier alpha value is -1.49. The summed E-state index contributed by atoms with van der Waals surface area (Å²) in [6, 6.07) is 10.6. The van der Waals surface area contributed by atoms with Gasteiger partial charge in [0.2, 0.25) is 0 Å². The Balaban J connectivity index is 2.02. The smallest absolute Gasteiger partial charge is 0.117 e. The quantitative estimate of drug-likeness (QED) is 0.865. The molecule has 1 aromatic rings. The Morgan fingerprint density at radius 2 is 1.89 bits per heavy atom. The van der Waals surface area contributed by atoms with E-state index < -0.39 is 0 Å². The molecule has 1 fully saturated rings. The number of nitriles is 1. The maximum Gasteiger partial charge on any atom is 0.117 e. The van der Waals surface area contributed by atoms with Gasteiger partial charge in [-0.3, -0.25) is 0 Å². The van der Waals surface area contributed by atoms with Crippen LogP contribution >= 0.6 is 0 Å². The van der Waals surface area contributed by atoms with E-state index in [0.29, 0.717) is 5.92 Å². The summed E-state index contributed by atoms with van der Waals surface area (Å²) in [5.74, 6) is 1.34. The predicted molar refractivity (Wildman–Crippen MR) is 75.3 cm³/mol. The fraction of sp³-hybridized carbons (Fsp3) is 0.562. The first kappa shape index (κ1) is 13.0. The van der Waals surface area contributed by atoms with Crippen molar-refractivity contribution in [2.24, 2.45) is 11.8 Å². The maximum absolute atomic E-state index is 9.38. The first-order valence-electron chi connectivity index (χ1n) is 6.92. The van der Waals surface area contributed by atoms with Crippen molar-refractivity contribution in [3.63, 3.8) is 0 Å². The molecule has 1 aliphatic rings. The molecule has 2 rings (SSSR count). The van der Waals surface area contributed by atoms with Crippen molar-refractivity contribution >= 4 is 5.69 Å². The molecule has 0 bridgehead atoms. The van der Waals surface area contributed by atoms with Crippen molar-refractivity contribution in [1.82, 2.24) is 0 Å².